The maximum Gasteiger partial charge on any atom is 0.280 e. The Kier molecular flexibility index (Phi) is 4.73. The Morgan fingerprint density at radius 1 is 0.912 bits per heavy atom. The lowest BCUT2D eigenvalue weighted by Gasteiger charge is -2.25. The number of carbonyl (C=O) groups is 1. The standard InChI is InChI=1S/C29H25N3O2/c1-20-30-25-17-9-8-16-24(25)28(34)31(20)32-26(22-13-6-3-7-14-22)29(32)18-10-15-23(27(29)33)19-21-11-4-2-5-12-21/h2-9,11-14,16-17,19,26H,10,15,18H2,1H3/b23-19+/t26-,29-,32?/m0/s1. The fourth-order valence-corrected chi connectivity index (χ4v) is 5.57. The molecule has 5 nitrogen and oxygen atoms in total. The van der Waals surface area contributed by atoms with Gasteiger partial charge in [-0.1, -0.05) is 72.8 Å². The monoisotopic (exact) mass is 447 g/mol. The molecule has 34 heavy (non-hydrogen) atoms. The van der Waals surface area contributed by atoms with E-state index in [1.165, 1.54) is 0 Å². The minimum Gasteiger partial charge on any atom is -0.292 e. The molecule has 0 N–H and O–H groups in total. The first-order valence-corrected chi connectivity index (χ1v) is 11.7. The lowest BCUT2D eigenvalue weighted by molar-refractivity contribution is -0.119. The van der Waals surface area contributed by atoms with E-state index in [9.17, 15) is 9.59 Å². The second-order valence-electron chi connectivity index (χ2n) is 9.14. The number of carbonyl (C=O) groups excluding carboxylic acids is 1. The van der Waals surface area contributed by atoms with Gasteiger partial charge in [-0.25, -0.2) is 9.66 Å². The Hall–Kier alpha value is -3.99. The maximum absolute atomic E-state index is 14.1. The van der Waals surface area contributed by atoms with E-state index in [1.807, 2.05) is 96.9 Å². The van der Waals surface area contributed by atoms with Crippen LogP contribution in [0.25, 0.3) is 17.0 Å². The van der Waals surface area contributed by atoms with Gasteiger partial charge in [0.2, 0.25) is 0 Å². The van der Waals surface area contributed by atoms with Gasteiger partial charge in [0.05, 0.1) is 10.9 Å². The van der Waals surface area contributed by atoms with Crippen molar-refractivity contribution in [3.05, 3.63) is 118 Å². The number of para-hydroxylation sites is 1. The molecule has 1 aliphatic heterocycles. The molecule has 2 aliphatic rings. The van der Waals surface area contributed by atoms with Gasteiger partial charge in [-0.15, -0.1) is 0 Å². The third-order valence-corrected chi connectivity index (χ3v) is 7.11. The van der Waals surface area contributed by atoms with Crippen molar-refractivity contribution in [2.24, 2.45) is 0 Å². The van der Waals surface area contributed by atoms with Gasteiger partial charge < -0.3 is 0 Å². The maximum atomic E-state index is 14.1. The van der Waals surface area contributed by atoms with Crippen molar-refractivity contribution in [1.82, 2.24) is 9.66 Å². The Balaban J connectivity index is 1.52. The SMILES string of the molecule is Cc1nc2ccccc2c(=O)n1N1[C@@H](c2ccccc2)[C@]12CCC/C(=C\c1ccccc1)C2=O. The highest BCUT2D eigenvalue weighted by molar-refractivity contribution is 6.11. The summed E-state index contributed by atoms with van der Waals surface area (Å²) in [6, 6.07) is 27.2. The molecular weight excluding hydrogens is 422 g/mol. The first kappa shape index (κ1) is 20.6. The molecule has 0 bridgehead atoms. The number of hydrogen-bond acceptors (Lipinski definition) is 4. The Morgan fingerprint density at radius 3 is 2.35 bits per heavy atom. The molecule has 0 radical (unpaired) electrons. The number of aromatic nitrogens is 2. The zero-order valence-electron chi connectivity index (χ0n) is 19.0. The van der Waals surface area contributed by atoms with E-state index >= 15 is 0 Å². The van der Waals surface area contributed by atoms with Crippen LogP contribution in [0.5, 0.6) is 0 Å². The van der Waals surface area contributed by atoms with E-state index in [2.05, 4.69) is 0 Å². The molecule has 0 amide bonds. The van der Waals surface area contributed by atoms with Crippen LogP contribution in [0, 0.1) is 6.92 Å². The average Bonchev–Trinajstić information content (AvgIpc) is 3.51. The van der Waals surface area contributed by atoms with E-state index in [0.29, 0.717) is 23.1 Å². The van der Waals surface area contributed by atoms with Gasteiger partial charge in [-0.05, 0) is 61.1 Å². The minimum atomic E-state index is -0.779. The number of aryl methyl sites for hydroxylation is 1. The highest BCUT2D eigenvalue weighted by Gasteiger charge is 2.70. The van der Waals surface area contributed by atoms with Crippen LogP contribution in [0.1, 0.15) is 42.3 Å². The van der Waals surface area contributed by atoms with Gasteiger partial charge in [0.15, 0.2) is 5.78 Å². The Morgan fingerprint density at radius 2 is 1.59 bits per heavy atom. The summed E-state index contributed by atoms with van der Waals surface area (Å²) in [5.74, 6) is 0.699. The van der Waals surface area contributed by atoms with Gasteiger partial charge in [0.1, 0.15) is 17.4 Å². The summed E-state index contributed by atoms with van der Waals surface area (Å²) in [4.78, 5) is 32.5. The Labute approximate surface area is 198 Å². The van der Waals surface area contributed by atoms with E-state index in [-0.39, 0.29) is 17.4 Å². The molecule has 1 aromatic heterocycles. The van der Waals surface area contributed by atoms with E-state index < -0.39 is 5.54 Å². The van der Waals surface area contributed by atoms with Crippen molar-refractivity contribution in [3.8, 4) is 0 Å². The molecule has 5 heteroatoms. The first-order valence-electron chi connectivity index (χ1n) is 11.7. The van der Waals surface area contributed by atoms with Gasteiger partial charge in [0, 0.05) is 0 Å². The second-order valence-corrected chi connectivity index (χ2v) is 9.14. The van der Waals surface area contributed by atoms with Crippen LogP contribution in [0.15, 0.2) is 95.3 Å². The molecule has 2 atom stereocenters. The third-order valence-electron chi connectivity index (χ3n) is 7.11. The number of Topliss-reactive ketones (excluding diaryl/α,β-unsaturated/α-hetero) is 1. The molecule has 1 spiro atoms. The smallest absolute Gasteiger partial charge is 0.280 e. The van der Waals surface area contributed by atoms with Gasteiger partial charge in [0.25, 0.3) is 5.56 Å². The molecule has 6 rings (SSSR count). The number of hydrogen-bond donors (Lipinski definition) is 0. The first-order chi connectivity index (χ1) is 16.6. The van der Waals surface area contributed by atoms with Crippen LogP contribution in [0.2, 0.25) is 0 Å². The molecule has 1 aliphatic carbocycles. The predicted molar refractivity (Wildman–Crippen MR) is 134 cm³/mol. The molecular formula is C29H25N3O2. The lowest BCUT2D eigenvalue weighted by atomic mass is 9.79. The second kappa shape index (κ2) is 7.80. The largest absolute Gasteiger partial charge is 0.292 e. The summed E-state index contributed by atoms with van der Waals surface area (Å²) in [7, 11) is 0. The van der Waals surface area contributed by atoms with Gasteiger partial charge >= 0.3 is 0 Å². The highest BCUT2D eigenvalue weighted by atomic mass is 16.2. The summed E-state index contributed by atoms with van der Waals surface area (Å²) in [6.07, 6.45) is 4.35. The van der Waals surface area contributed by atoms with Crippen molar-refractivity contribution in [3.63, 3.8) is 0 Å². The van der Waals surface area contributed by atoms with Crippen molar-refractivity contribution in [2.45, 2.75) is 37.8 Å². The molecule has 3 aromatic carbocycles. The van der Waals surface area contributed by atoms with E-state index in [4.69, 9.17) is 4.98 Å². The number of nitrogens with zero attached hydrogens (tertiary/aromatic N) is 3. The molecule has 1 saturated heterocycles. The number of fused-ring (bicyclic) bond motifs is 1. The third kappa shape index (κ3) is 3.04. The predicted octanol–water partition coefficient (Wildman–Crippen LogP) is 4.97. The van der Waals surface area contributed by atoms with Crippen molar-refractivity contribution < 1.29 is 4.79 Å². The zero-order chi connectivity index (χ0) is 23.3. The molecule has 1 saturated carbocycles. The summed E-state index contributed by atoms with van der Waals surface area (Å²) in [5, 5.41) is 2.55. The zero-order valence-corrected chi connectivity index (χ0v) is 19.0. The number of rotatable bonds is 3. The lowest BCUT2D eigenvalue weighted by Crippen LogP contribution is -2.42. The fourth-order valence-electron chi connectivity index (χ4n) is 5.57. The van der Waals surface area contributed by atoms with Crippen LogP contribution >= 0.6 is 0 Å². The topological polar surface area (TPSA) is 55.0 Å². The van der Waals surface area contributed by atoms with Crippen LogP contribution in [0.3, 0.4) is 0 Å². The van der Waals surface area contributed by atoms with E-state index in [0.717, 1.165) is 29.5 Å². The average molecular weight is 448 g/mol. The number of ketones is 1. The molecule has 2 heterocycles. The quantitative estimate of drug-likeness (QED) is 0.329. The van der Waals surface area contributed by atoms with Crippen molar-refractivity contribution in [2.75, 3.05) is 5.01 Å². The van der Waals surface area contributed by atoms with Crippen LogP contribution in [-0.2, 0) is 4.79 Å². The van der Waals surface area contributed by atoms with Crippen LogP contribution in [0.4, 0.5) is 0 Å². The fraction of sp³-hybridized carbons (Fsp3) is 0.207. The summed E-state index contributed by atoms with van der Waals surface area (Å²) in [5.41, 5.74) is 2.64. The van der Waals surface area contributed by atoms with Crippen molar-refractivity contribution >= 4 is 22.8 Å². The molecule has 0 unspecified atom stereocenters. The van der Waals surface area contributed by atoms with Crippen LogP contribution < -0.4 is 10.6 Å². The van der Waals surface area contributed by atoms with Crippen LogP contribution in [-0.4, -0.2) is 21.0 Å². The molecule has 4 aromatic rings. The highest BCUT2D eigenvalue weighted by Crippen LogP contribution is 2.58. The van der Waals surface area contributed by atoms with E-state index in [1.54, 1.807) is 10.7 Å². The summed E-state index contributed by atoms with van der Waals surface area (Å²) in [6.45, 7) is 1.84. The molecule has 2 fully saturated rings. The van der Waals surface area contributed by atoms with Crippen molar-refractivity contribution in [1.29, 1.82) is 0 Å². The minimum absolute atomic E-state index is 0.107. The molecule has 168 valence electrons. The number of benzene rings is 3. The summed E-state index contributed by atoms with van der Waals surface area (Å²) >= 11 is 0. The van der Waals surface area contributed by atoms with Gasteiger partial charge in [-0.2, -0.15) is 0 Å². The Bertz CT molecular complexity index is 1490. The summed E-state index contributed by atoms with van der Waals surface area (Å²) < 4.78 is 1.64. The van der Waals surface area contributed by atoms with Gasteiger partial charge in [-0.3, -0.25) is 14.6 Å². The normalized spacial score (nSPS) is 23.1.